The van der Waals surface area contributed by atoms with Crippen LogP contribution in [-0.2, 0) is 11.3 Å². The minimum absolute atomic E-state index is 0.0555. The normalized spacial score (nSPS) is 16.2. The van der Waals surface area contributed by atoms with E-state index in [4.69, 9.17) is 4.74 Å². The first-order valence-electron chi connectivity index (χ1n) is 10.9. The van der Waals surface area contributed by atoms with Gasteiger partial charge in [-0.3, -0.25) is 9.36 Å². The van der Waals surface area contributed by atoms with E-state index in [2.05, 4.69) is 9.88 Å². The van der Waals surface area contributed by atoms with Crippen LogP contribution in [0.1, 0.15) is 24.8 Å². The van der Waals surface area contributed by atoms with Gasteiger partial charge in [-0.2, -0.15) is 4.98 Å². The number of carbonyl (C=O) groups excluding carboxylic acids is 1. The van der Waals surface area contributed by atoms with Crippen LogP contribution in [0.25, 0.3) is 10.9 Å². The lowest BCUT2D eigenvalue weighted by Crippen LogP contribution is -2.42. The Hall–Kier alpha value is -3.35. The van der Waals surface area contributed by atoms with E-state index in [0.717, 1.165) is 53.9 Å². The molecular weight excluding hydrogens is 392 g/mol. The first-order valence-corrected chi connectivity index (χ1v) is 10.9. The number of hydrogen-bond donors (Lipinski definition) is 0. The molecule has 31 heavy (non-hydrogen) atoms. The highest BCUT2D eigenvalue weighted by Gasteiger charge is 2.25. The Morgan fingerprint density at radius 1 is 1.06 bits per heavy atom. The number of nitrogens with zero attached hydrogens (tertiary/aromatic N) is 4. The summed E-state index contributed by atoms with van der Waals surface area (Å²) in [5.74, 6) is 1.28. The highest BCUT2D eigenvalue weighted by Crippen LogP contribution is 2.33. The molecule has 0 saturated carbocycles. The standard InChI is InChI=1S/C24H26N4O3/c1-17-9-10-21-20(15-17)27(13-14-31-21)22(29)16-28-19-8-4-3-7-18(19)23(25-24(28)30)26-11-5-2-6-12-26/h3-4,7-10,15H,2,5-6,11-14,16H2,1H3. The second-order valence-electron chi connectivity index (χ2n) is 8.23. The molecule has 3 aromatic rings. The number of ether oxygens (including phenoxy) is 1. The van der Waals surface area contributed by atoms with Gasteiger partial charge in [0.1, 0.15) is 24.7 Å². The maximum absolute atomic E-state index is 13.3. The van der Waals surface area contributed by atoms with Gasteiger partial charge in [-0.05, 0) is 56.0 Å². The average molecular weight is 418 g/mol. The molecule has 7 nitrogen and oxygen atoms in total. The third-order valence-corrected chi connectivity index (χ3v) is 6.10. The zero-order valence-electron chi connectivity index (χ0n) is 17.7. The summed E-state index contributed by atoms with van der Waals surface area (Å²) in [5, 5.41) is 0.912. The van der Waals surface area contributed by atoms with Crippen LogP contribution in [0.15, 0.2) is 47.3 Å². The van der Waals surface area contributed by atoms with Crippen LogP contribution in [0.3, 0.4) is 0 Å². The molecule has 1 aromatic heterocycles. The lowest BCUT2D eigenvalue weighted by molar-refractivity contribution is -0.119. The van der Waals surface area contributed by atoms with Crippen LogP contribution in [0.2, 0.25) is 0 Å². The van der Waals surface area contributed by atoms with Crippen molar-refractivity contribution in [3.05, 3.63) is 58.5 Å². The Morgan fingerprint density at radius 3 is 2.71 bits per heavy atom. The molecule has 160 valence electrons. The maximum atomic E-state index is 13.3. The van der Waals surface area contributed by atoms with Crippen molar-refractivity contribution in [3.8, 4) is 5.75 Å². The van der Waals surface area contributed by atoms with Gasteiger partial charge in [-0.25, -0.2) is 4.79 Å². The van der Waals surface area contributed by atoms with Gasteiger partial charge < -0.3 is 14.5 Å². The van der Waals surface area contributed by atoms with Gasteiger partial charge in [0.15, 0.2) is 0 Å². The summed E-state index contributed by atoms with van der Waals surface area (Å²) in [7, 11) is 0. The fourth-order valence-corrected chi connectivity index (χ4v) is 4.52. The van der Waals surface area contributed by atoms with Crippen molar-refractivity contribution in [2.75, 3.05) is 36.0 Å². The molecule has 0 atom stereocenters. The van der Waals surface area contributed by atoms with Crippen molar-refractivity contribution >= 4 is 28.3 Å². The molecule has 2 aliphatic heterocycles. The molecule has 1 fully saturated rings. The number of para-hydroxylation sites is 1. The van der Waals surface area contributed by atoms with Crippen molar-refractivity contribution < 1.29 is 9.53 Å². The van der Waals surface area contributed by atoms with Crippen LogP contribution < -0.4 is 20.2 Å². The zero-order valence-corrected chi connectivity index (χ0v) is 17.7. The van der Waals surface area contributed by atoms with E-state index >= 15 is 0 Å². The van der Waals surface area contributed by atoms with Gasteiger partial charge >= 0.3 is 5.69 Å². The molecule has 5 rings (SSSR count). The largest absolute Gasteiger partial charge is 0.490 e. The molecule has 1 saturated heterocycles. The molecule has 2 aromatic carbocycles. The summed E-state index contributed by atoms with van der Waals surface area (Å²) in [6.07, 6.45) is 3.42. The highest BCUT2D eigenvalue weighted by molar-refractivity contribution is 5.97. The van der Waals surface area contributed by atoms with E-state index in [1.54, 1.807) is 4.90 Å². The SMILES string of the molecule is Cc1ccc2c(c1)N(C(=O)Cn1c(=O)nc(N3CCCCC3)c3ccccc31)CCO2. The van der Waals surface area contributed by atoms with Crippen molar-refractivity contribution in [1.82, 2.24) is 9.55 Å². The predicted octanol–water partition coefficient (Wildman–Crippen LogP) is 3.12. The van der Waals surface area contributed by atoms with E-state index in [0.29, 0.717) is 18.9 Å². The summed E-state index contributed by atoms with van der Waals surface area (Å²) in [4.78, 5) is 34.7. The molecule has 0 N–H and O–H groups in total. The van der Waals surface area contributed by atoms with Crippen molar-refractivity contribution in [2.45, 2.75) is 32.7 Å². The summed E-state index contributed by atoms with van der Waals surface area (Å²) in [6.45, 7) is 4.64. The van der Waals surface area contributed by atoms with Gasteiger partial charge in [0, 0.05) is 18.5 Å². The quantitative estimate of drug-likeness (QED) is 0.654. The third kappa shape index (κ3) is 3.65. The van der Waals surface area contributed by atoms with Gasteiger partial charge in [-0.15, -0.1) is 0 Å². The van der Waals surface area contributed by atoms with E-state index in [9.17, 15) is 9.59 Å². The molecule has 0 spiro atoms. The molecule has 0 radical (unpaired) electrons. The molecule has 2 aliphatic rings. The zero-order chi connectivity index (χ0) is 21.4. The van der Waals surface area contributed by atoms with Crippen LogP contribution in [0.4, 0.5) is 11.5 Å². The van der Waals surface area contributed by atoms with E-state index in [1.165, 1.54) is 11.0 Å². The minimum atomic E-state index is -0.384. The number of aryl methyl sites for hydroxylation is 1. The lowest BCUT2D eigenvalue weighted by Gasteiger charge is -2.31. The second kappa shape index (κ2) is 8.06. The summed E-state index contributed by atoms with van der Waals surface area (Å²) >= 11 is 0. The molecule has 7 heteroatoms. The van der Waals surface area contributed by atoms with Gasteiger partial charge in [0.25, 0.3) is 0 Å². The molecule has 0 unspecified atom stereocenters. The maximum Gasteiger partial charge on any atom is 0.350 e. The number of amides is 1. The first-order chi connectivity index (χ1) is 15.1. The minimum Gasteiger partial charge on any atom is -0.490 e. The summed E-state index contributed by atoms with van der Waals surface area (Å²) in [5.41, 5.74) is 2.17. The predicted molar refractivity (Wildman–Crippen MR) is 121 cm³/mol. The number of piperidine rings is 1. The number of benzene rings is 2. The van der Waals surface area contributed by atoms with Crippen LogP contribution in [-0.4, -0.2) is 41.7 Å². The van der Waals surface area contributed by atoms with Crippen molar-refractivity contribution in [3.63, 3.8) is 0 Å². The van der Waals surface area contributed by atoms with Crippen molar-refractivity contribution in [1.29, 1.82) is 0 Å². The molecule has 0 aliphatic carbocycles. The van der Waals surface area contributed by atoms with E-state index < -0.39 is 0 Å². The lowest BCUT2D eigenvalue weighted by atomic mass is 10.1. The van der Waals surface area contributed by atoms with Gasteiger partial charge in [-0.1, -0.05) is 18.2 Å². The van der Waals surface area contributed by atoms with E-state index in [-0.39, 0.29) is 18.1 Å². The first kappa shape index (κ1) is 19.6. The molecule has 1 amide bonds. The Morgan fingerprint density at radius 2 is 1.87 bits per heavy atom. The Labute approximate surface area is 180 Å². The number of anilines is 2. The third-order valence-electron chi connectivity index (χ3n) is 6.10. The second-order valence-corrected chi connectivity index (χ2v) is 8.23. The number of fused-ring (bicyclic) bond motifs is 2. The highest BCUT2D eigenvalue weighted by atomic mass is 16.5. The topological polar surface area (TPSA) is 67.7 Å². The summed E-state index contributed by atoms with van der Waals surface area (Å²) in [6, 6.07) is 13.5. The number of aromatic nitrogens is 2. The molecular formula is C24H26N4O3. The monoisotopic (exact) mass is 418 g/mol. The van der Waals surface area contributed by atoms with Crippen molar-refractivity contribution in [2.24, 2.45) is 0 Å². The number of rotatable bonds is 3. The molecule has 3 heterocycles. The number of hydrogen-bond acceptors (Lipinski definition) is 5. The van der Waals surface area contributed by atoms with Crippen LogP contribution >= 0.6 is 0 Å². The Kier molecular flexibility index (Phi) is 5.10. The fourth-order valence-electron chi connectivity index (χ4n) is 4.52. The smallest absolute Gasteiger partial charge is 0.350 e. The average Bonchev–Trinajstić information content (AvgIpc) is 2.80. The molecule has 0 bridgehead atoms. The van der Waals surface area contributed by atoms with Gasteiger partial charge in [0.2, 0.25) is 5.91 Å². The van der Waals surface area contributed by atoms with Crippen LogP contribution in [0, 0.1) is 6.92 Å². The Bertz CT molecular complexity index is 1200. The number of carbonyl (C=O) groups is 1. The fraction of sp³-hybridized carbons (Fsp3) is 0.375. The van der Waals surface area contributed by atoms with Crippen LogP contribution in [0.5, 0.6) is 5.75 Å². The Balaban J connectivity index is 1.52. The van der Waals surface area contributed by atoms with Gasteiger partial charge in [0.05, 0.1) is 17.7 Å². The summed E-state index contributed by atoms with van der Waals surface area (Å²) < 4.78 is 7.20. The van der Waals surface area contributed by atoms with E-state index in [1.807, 2.05) is 49.4 Å².